The second kappa shape index (κ2) is 4.09. The van der Waals surface area contributed by atoms with Gasteiger partial charge in [-0.1, -0.05) is 6.92 Å². The van der Waals surface area contributed by atoms with E-state index in [4.69, 9.17) is 4.74 Å². The molecule has 1 heterocycles. The molecule has 0 spiro atoms. The number of nitrogens with one attached hydrogen (secondary N) is 1. The summed E-state index contributed by atoms with van der Waals surface area (Å²) in [5.41, 5.74) is 4.45. The third kappa shape index (κ3) is 1.66. The fraction of sp³-hybridized carbons (Fsp3) is 0.583. The van der Waals surface area contributed by atoms with Crippen molar-refractivity contribution in [3.63, 3.8) is 0 Å². The highest BCUT2D eigenvalue weighted by Crippen LogP contribution is 2.27. The first kappa shape index (κ1) is 10.3. The molecular weight excluding hydrogens is 190 g/mol. The number of aromatic nitrogens is 1. The Morgan fingerprint density at radius 3 is 2.80 bits per heavy atom. The quantitative estimate of drug-likeness (QED) is 0.756. The fourth-order valence-corrected chi connectivity index (χ4v) is 2.42. The lowest BCUT2D eigenvalue weighted by atomic mass is 9.93. The van der Waals surface area contributed by atoms with Crippen molar-refractivity contribution in [3.05, 3.63) is 22.5 Å². The van der Waals surface area contributed by atoms with Crippen LogP contribution >= 0.6 is 0 Å². The number of carbonyl (C=O) groups is 1. The van der Waals surface area contributed by atoms with E-state index in [0.717, 1.165) is 24.8 Å². The average Bonchev–Trinajstić information content (AvgIpc) is 2.66. The summed E-state index contributed by atoms with van der Waals surface area (Å²) in [5.74, 6) is -0.235. The van der Waals surface area contributed by atoms with Gasteiger partial charge < -0.3 is 9.72 Å². The molecule has 82 valence electrons. The van der Waals surface area contributed by atoms with Crippen molar-refractivity contribution >= 4 is 5.97 Å². The SMILES string of the molecule is CCc1c(C(=O)OC)[nH]c2c1CCCC2. The molecule has 1 N–H and O–H groups in total. The summed E-state index contributed by atoms with van der Waals surface area (Å²) >= 11 is 0. The Morgan fingerprint density at radius 1 is 1.40 bits per heavy atom. The molecule has 0 amide bonds. The van der Waals surface area contributed by atoms with E-state index in [1.165, 1.54) is 31.2 Å². The van der Waals surface area contributed by atoms with E-state index >= 15 is 0 Å². The van der Waals surface area contributed by atoms with Crippen LogP contribution in [0.2, 0.25) is 0 Å². The van der Waals surface area contributed by atoms with E-state index < -0.39 is 0 Å². The minimum absolute atomic E-state index is 0.235. The Morgan fingerprint density at radius 2 is 2.13 bits per heavy atom. The van der Waals surface area contributed by atoms with Gasteiger partial charge in [-0.3, -0.25) is 0 Å². The summed E-state index contributed by atoms with van der Waals surface area (Å²) in [6.07, 6.45) is 5.53. The van der Waals surface area contributed by atoms with Crippen LogP contribution in [0.5, 0.6) is 0 Å². The molecule has 1 aromatic heterocycles. The van der Waals surface area contributed by atoms with Crippen LogP contribution in [-0.2, 0) is 24.0 Å². The highest BCUT2D eigenvalue weighted by molar-refractivity contribution is 5.89. The summed E-state index contributed by atoms with van der Waals surface area (Å²) in [7, 11) is 1.43. The molecule has 1 aliphatic rings. The van der Waals surface area contributed by atoms with Gasteiger partial charge >= 0.3 is 5.97 Å². The van der Waals surface area contributed by atoms with Crippen molar-refractivity contribution in [2.75, 3.05) is 7.11 Å². The minimum atomic E-state index is -0.235. The van der Waals surface area contributed by atoms with Crippen LogP contribution in [0.4, 0.5) is 0 Å². The monoisotopic (exact) mass is 207 g/mol. The number of H-pyrrole nitrogens is 1. The van der Waals surface area contributed by atoms with Crippen LogP contribution in [0, 0.1) is 0 Å². The van der Waals surface area contributed by atoms with Gasteiger partial charge in [0.2, 0.25) is 0 Å². The van der Waals surface area contributed by atoms with E-state index in [1.807, 2.05) is 0 Å². The van der Waals surface area contributed by atoms with Gasteiger partial charge in [0.25, 0.3) is 0 Å². The lowest BCUT2D eigenvalue weighted by Gasteiger charge is -2.11. The molecule has 0 unspecified atom stereocenters. The molecule has 0 aromatic carbocycles. The second-order valence-electron chi connectivity index (χ2n) is 3.99. The zero-order valence-electron chi connectivity index (χ0n) is 9.35. The number of aromatic amines is 1. The lowest BCUT2D eigenvalue weighted by molar-refractivity contribution is 0.0593. The predicted octanol–water partition coefficient (Wildman–Crippen LogP) is 2.24. The Hall–Kier alpha value is -1.25. The van der Waals surface area contributed by atoms with Crippen molar-refractivity contribution in [3.8, 4) is 0 Å². The summed E-state index contributed by atoms with van der Waals surface area (Å²) in [6.45, 7) is 2.09. The second-order valence-corrected chi connectivity index (χ2v) is 3.99. The highest BCUT2D eigenvalue weighted by atomic mass is 16.5. The number of hydrogen-bond acceptors (Lipinski definition) is 2. The third-order valence-electron chi connectivity index (χ3n) is 3.15. The van der Waals surface area contributed by atoms with E-state index in [-0.39, 0.29) is 5.97 Å². The van der Waals surface area contributed by atoms with Gasteiger partial charge in [-0.25, -0.2) is 4.79 Å². The topological polar surface area (TPSA) is 42.1 Å². The van der Waals surface area contributed by atoms with Gasteiger partial charge in [0.15, 0.2) is 0 Å². The van der Waals surface area contributed by atoms with Gasteiger partial charge in [0, 0.05) is 5.69 Å². The highest BCUT2D eigenvalue weighted by Gasteiger charge is 2.22. The summed E-state index contributed by atoms with van der Waals surface area (Å²) in [4.78, 5) is 14.8. The van der Waals surface area contributed by atoms with Crippen molar-refractivity contribution < 1.29 is 9.53 Å². The molecule has 0 saturated heterocycles. The first-order valence-electron chi connectivity index (χ1n) is 5.58. The van der Waals surface area contributed by atoms with Gasteiger partial charge in [-0.05, 0) is 43.2 Å². The molecule has 3 nitrogen and oxygen atoms in total. The van der Waals surface area contributed by atoms with Crippen LogP contribution in [-0.4, -0.2) is 18.1 Å². The fourth-order valence-electron chi connectivity index (χ4n) is 2.42. The van der Waals surface area contributed by atoms with Crippen LogP contribution < -0.4 is 0 Å². The van der Waals surface area contributed by atoms with E-state index in [0.29, 0.717) is 5.69 Å². The first-order valence-corrected chi connectivity index (χ1v) is 5.58. The van der Waals surface area contributed by atoms with Crippen LogP contribution in [0.25, 0.3) is 0 Å². The van der Waals surface area contributed by atoms with E-state index in [1.54, 1.807) is 0 Å². The number of ether oxygens (including phenoxy) is 1. The molecule has 15 heavy (non-hydrogen) atoms. The predicted molar refractivity (Wildman–Crippen MR) is 58.2 cm³/mol. The molecule has 0 atom stereocenters. The number of aryl methyl sites for hydroxylation is 1. The Bertz CT molecular complexity index is 379. The van der Waals surface area contributed by atoms with Crippen molar-refractivity contribution in [1.82, 2.24) is 4.98 Å². The van der Waals surface area contributed by atoms with Crippen molar-refractivity contribution in [2.45, 2.75) is 39.0 Å². The Labute approximate surface area is 89.8 Å². The number of esters is 1. The molecule has 1 aliphatic carbocycles. The molecule has 1 aromatic rings. The largest absolute Gasteiger partial charge is 0.464 e. The normalized spacial score (nSPS) is 14.8. The minimum Gasteiger partial charge on any atom is -0.464 e. The van der Waals surface area contributed by atoms with Crippen LogP contribution in [0.15, 0.2) is 0 Å². The summed E-state index contributed by atoms with van der Waals surface area (Å²) in [6, 6.07) is 0. The molecule has 2 rings (SSSR count). The van der Waals surface area contributed by atoms with Crippen LogP contribution in [0.3, 0.4) is 0 Å². The maximum atomic E-state index is 11.6. The molecular formula is C12H17NO2. The zero-order chi connectivity index (χ0) is 10.8. The molecule has 3 heteroatoms. The number of carbonyl (C=O) groups excluding carboxylic acids is 1. The smallest absolute Gasteiger partial charge is 0.354 e. The summed E-state index contributed by atoms with van der Waals surface area (Å²) in [5, 5.41) is 0. The number of hydrogen-bond donors (Lipinski definition) is 1. The van der Waals surface area contributed by atoms with Crippen molar-refractivity contribution in [1.29, 1.82) is 0 Å². The Kier molecular flexibility index (Phi) is 2.80. The van der Waals surface area contributed by atoms with Crippen molar-refractivity contribution in [2.24, 2.45) is 0 Å². The molecule has 0 aliphatic heterocycles. The van der Waals surface area contributed by atoms with Gasteiger partial charge in [0.05, 0.1) is 7.11 Å². The van der Waals surface area contributed by atoms with Gasteiger partial charge in [-0.15, -0.1) is 0 Å². The van der Waals surface area contributed by atoms with Crippen LogP contribution in [0.1, 0.15) is 47.1 Å². The Balaban J connectivity index is 2.46. The van der Waals surface area contributed by atoms with E-state index in [2.05, 4.69) is 11.9 Å². The number of fused-ring (bicyclic) bond motifs is 1. The van der Waals surface area contributed by atoms with E-state index in [9.17, 15) is 4.79 Å². The third-order valence-corrected chi connectivity index (χ3v) is 3.15. The average molecular weight is 207 g/mol. The zero-order valence-corrected chi connectivity index (χ0v) is 9.35. The summed E-state index contributed by atoms with van der Waals surface area (Å²) < 4.78 is 4.79. The number of rotatable bonds is 2. The molecule has 0 radical (unpaired) electrons. The standard InChI is InChI=1S/C12H17NO2/c1-3-8-9-6-4-5-7-10(9)13-11(8)12(14)15-2/h13H,3-7H2,1-2H3. The number of methoxy groups -OCH3 is 1. The van der Waals surface area contributed by atoms with Gasteiger partial charge in [-0.2, -0.15) is 0 Å². The molecule has 0 fully saturated rings. The first-order chi connectivity index (χ1) is 7.27. The maximum Gasteiger partial charge on any atom is 0.354 e. The molecule has 0 saturated carbocycles. The maximum absolute atomic E-state index is 11.6. The lowest BCUT2D eigenvalue weighted by Crippen LogP contribution is -2.05. The van der Waals surface area contributed by atoms with Gasteiger partial charge in [0.1, 0.15) is 5.69 Å². The molecule has 0 bridgehead atoms.